The second-order valence-corrected chi connectivity index (χ2v) is 3.41. The Morgan fingerprint density at radius 1 is 1.45 bits per heavy atom. The maximum atomic E-state index is 10.5. The van der Waals surface area contributed by atoms with Crippen molar-refractivity contribution in [2.45, 2.75) is 0 Å². The minimum Gasteiger partial charge on any atom is -0.481 e. The van der Waals surface area contributed by atoms with E-state index in [4.69, 9.17) is 5.11 Å². The number of hydrogen-bond acceptors (Lipinski definition) is 2. The number of likely N-dealkylation sites (tertiary alicyclic amines) is 1. The molecule has 1 saturated carbocycles. The van der Waals surface area contributed by atoms with Gasteiger partial charge in [0.15, 0.2) is 0 Å². The van der Waals surface area contributed by atoms with Crippen molar-refractivity contribution in [2.24, 2.45) is 17.8 Å². The SMILES string of the molecule is CN1C[C@H]2C(C(=O)O)[C@@H]2C1.Cl. The van der Waals surface area contributed by atoms with E-state index in [2.05, 4.69) is 4.90 Å². The summed E-state index contributed by atoms with van der Waals surface area (Å²) in [7, 11) is 2.05. The fourth-order valence-corrected chi connectivity index (χ4v) is 2.10. The number of halogens is 1. The molecular formula is C7H12ClNO2. The van der Waals surface area contributed by atoms with Crippen molar-refractivity contribution >= 4 is 18.4 Å². The molecule has 11 heavy (non-hydrogen) atoms. The first-order chi connectivity index (χ1) is 4.70. The molecule has 0 bridgehead atoms. The Bertz CT molecular complexity index is 173. The fourth-order valence-electron chi connectivity index (χ4n) is 2.10. The molecule has 1 heterocycles. The minimum absolute atomic E-state index is 0. The van der Waals surface area contributed by atoms with Crippen LogP contribution in [0.4, 0.5) is 0 Å². The molecule has 0 unspecified atom stereocenters. The Morgan fingerprint density at radius 3 is 2.27 bits per heavy atom. The van der Waals surface area contributed by atoms with Crippen molar-refractivity contribution in [3.05, 3.63) is 0 Å². The first-order valence-corrected chi connectivity index (χ1v) is 3.61. The summed E-state index contributed by atoms with van der Waals surface area (Å²) in [6, 6.07) is 0. The van der Waals surface area contributed by atoms with E-state index in [1.807, 2.05) is 7.05 Å². The molecule has 1 saturated heterocycles. The lowest BCUT2D eigenvalue weighted by Gasteiger charge is -2.09. The summed E-state index contributed by atoms with van der Waals surface area (Å²) in [5, 5.41) is 8.63. The molecule has 0 aromatic carbocycles. The number of fused-ring (bicyclic) bond motifs is 1. The molecule has 0 spiro atoms. The van der Waals surface area contributed by atoms with E-state index in [1.165, 1.54) is 0 Å². The van der Waals surface area contributed by atoms with E-state index in [9.17, 15) is 4.79 Å². The van der Waals surface area contributed by atoms with Gasteiger partial charge in [-0.25, -0.2) is 0 Å². The van der Waals surface area contributed by atoms with Crippen molar-refractivity contribution in [2.75, 3.05) is 20.1 Å². The molecule has 2 fully saturated rings. The topological polar surface area (TPSA) is 40.5 Å². The second kappa shape index (κ2) is 2.64. The van der Waals surface area contributed by atoms with Gasteiger partial charge in [0.25, 0.3) is 0 Å². The van der Waals surface area contributed by atoms with Crippen LogP contribution in [0.3, 0.4) is 0 Å². The molecule has 0 aromatic rings. The number of rotatable bonds is 1. The Hall–Kier alpha value is -0.280. The van der Waals surface area contributed by atoms with Gasteiger partial charge < -0.3 is 10.0 Å². The zero-order valence-electron chi connectivity index (χ0n) is 6.36. The standard InChI is InChI=1S/C7H11NO2.ClH/c1-8-2-4-5(3-8)6(4)7(9)10;/h4-6H,2-3H2,1H3,(H,9,10);1H/t4-,5-;/m1./s1. The van der Waals surface area contributed by atoms with E-state index < -0.39 is 5.97 Å². The van der Waals surface area contributed by atoms with Gasteiger partial charge in [-0.15, -0.1) is 12.4 Å². The lowest BCUT2D eigenvalue weighted by Crippen LogP contribution is -2.21. The van der Waals surface area contributed by atoms with Crippen LogP contribution in [0.1, 0.15) is 0 Å². The normalized spacial score (nSPS) is 41.0. The average Bonchev–Trinajstić information content (AvgIpc) is 2.32. The number of carboxylic acid groups (broad SMARTS) is 1. The number of aliphatic carboxylic acids is 1. The van der Waals surface area contributed by atoms with Crippen LogP contribution < -0.4 is 0 Å². The van der Waals surface area contributed by atoms with E-state index in [1.54, 1.807) is 0 Å². The molecular weight excluding hydrogens is 166 g/mol. The predicted molar refractivity (Wildman–Crippen MR) is 42.9 cm³/mol. The molecule has 0 aromatic heterocycles. The van der Waals surface area contributed by atoms with Crippen molar-refractivity contribution < 1.29 is 9.90 Å². The van der Waals surface area contributed by atoms with Gasteiger partial charge in [-0.05, 0) is 18.9 Å². The van der Waals surface area contributed by atoms with E-state index in [0.29, 0.717) is 11.8 Å². The molecule has 2 rings (SSSR count). The molecule has 1 aliphatic carbocycles. The fraction of sp³-hybridized carbons (Fsp3) is 0.857. The highest BCUT2D eigenvalue weighted by atomic mass is 35.5. The van der Waals surface area contributed by atoms with Crippen molar-refractivity contribution in [3.63, 3.8) is 0 Å². The smallest absolute Gasteiger partial charge is 0.307 e. The Labute approximate surface area is 71.8 Å². The van der Waals surface area contributed by atoms with Crippen LogP contribution in [-0.4, -0.2) is 36.1 Å². The number of carboxylic acids is 1. The zero-order chi connectivity index (χ0) is 7.30. The molecule has 0 amide bonds. The number of nitrogens with zero attached hydrogens (tertiary/aromatic N) is 1. The Balaban J connectivity index is 0.000000605. The third kappa shape index (κ3) is 1.23. The summed E-state index contributed by atoms with van der Waals surface area (Å²) >= 11 is 0. The van der Waals surface area contributed by atoms with Gasteiger partial charge in [0, 0.05) is 13.1 Å². The Kier molecular flexibility index (Phi) is 2.12. The lowest BCUT2D eigenvalue weighted by atomic mass is 10.3. The summed E-state index contributed by atoms with van der Waals surface area (Å²) in [4.78, 5) is 12.7. The summed E-state index contributed by atoms with van der Waals surface area (Å²) in [5.74, 6) is 0.351. The van der Waals surface area contributed by atoms with E-state index in [-0.39, 0.29) is 18.3 Å². The summed E-state index contributed by atoms with van der Waals surface area (Å²) < 4.78 is 0. The highest BCUT2D eigenvalue weighted by Gasteiger charge is 2.58. The largest absolute Gasteiger partial charge is 0.481 e. The first-order valence-electron chi connectivity index (χ1n) is 3.61. The van der Waals surface area contributed by atoms with Crippen LogP contribution in [0, 0.1) is 17.8 Å². The van der Waals surface area contributed by atoms with Crippen LogP contribution in [0.25, 0.3) is 0 Å². The Morgan fingerprint density at radius 2 is 1.91 bits per heavy atom. The molecule has 2 aliphatic rings. The number of carbonyl (C=O) groups is 1. The zero-order valence-corrected chi connectivity index (χ0v) is 7.17. The van der Waals surface area contributed by atoms with Gasteiger partial charge >= 0.3 is 5.97 Å². The molecule has 2 atom stereocenters. The second-order valence-electron chi connectivity index (χ2n) is 3.41. The summed E-state index contributed by atoms with van der Waals surface area (Å²) in [6.45, 7) is 1.98. The van der Waals surface area contributed by atoms with Crippen LogP contribution in [0.5, 0.6) is 0 Å². The number of hydrogen-bond donors (Lipinski definition) is 1. The lowest BCUT2D eigenvalue weighted by molar-refractivity contribution is -0.139. The molecule has 64 valence electrons. The molecule has 1 N–H and O–H groups in total. The minimum atomic E-state index is -0.594. The van der Waals surface area contributed by atoms with Crippen molar-refractivity contribution in [1.82, 2.24) is 4.90 Å². The average molecular weight is 178 g/mol. The maximum Gasteiger partial charge on any atom is 0.307 e. The van der Waals surface area contributed by atoms with Crippen molar-refractivity contribution in [3.8, 4) is 0 Å². The first kappa shape index (κ1) is 8.81. The summed E-state index contributed by atoms with van der Waals surface area (Å²) in [6.07, 6.45) is 0. The monoisotopic (exact) mass is 177 g/mol. The van der Waals surface area contributed by atoms with Gasteiger partial charge in [-0.2, -0.15) is 0 Å². The summed E-state index contributed by atoms with van der Waals surface area (Å²) in [5.41, 5.74) is 0. The van der Waals surface area contributed by atoms with Crippen LogP contribution >= 0.6 is 12.4 Å². The van der Waals surface area contributed by atoms with Crippen LogP contribution in [0.2, 0.25) is 0 Å². The third-order valence-electron chi connectivity index (χ3n) is 2.66. The third-order valence-corrected chi connectivity index (χ3v) is 2.66. The highest BCUT2D eigenvalue weighted by molar-refractivity contribution is 5.85. The van der Waals surface area contributed by atoms with E-state index in [0.717, 1.165) is 13.1 Å². The molecule has 1 aliphatic heterocycles. The molecule has 3 nitrogen and oxygen atoms in total. The van der Waals surface area contributed by atoms with E-state index >= 15 is 0 Å². The van der Waals surface area contributed by atoms with Crippen LogP contribution in [0.15, 0.2) is 0 Å². The molecule has 4 heteroatoms. The van der Waals surface area contributed by atoms with Crippen LogP contribution in [-0.2, 0) is 4.79 Å². The molecule has 0 radical (unpaired) electrons. The van der Waals surface area contributed by atoms with Gasteiger partial charge in [0.05, 0.1) is 5.92 Å². The maximum absolute atomic E-state index is 10.5. The van der Waals surface area contributed by atoms with Gasteiger partial charge in [0.2, 0.25) is 0 Å². The highest BCUT2D eigenvalue weighted by Crippen LogP contribution is 2.51. The van der Waals surface area contributed by atoms with Gasteiger partial charge in [0.1, 0.15) is 0 Å². The van der Waals surface area contributed by atoms with Crippen molar-refractivity contribution in [1.29, 1.82) is 0 Å². The van der Waals surface area contributed by atoms with Gasteiger partial charge in [-0.1, -0.05) is 0 Å². The number of piperidine rings is 1. The quantitative estimate of drug-likeness (QED) is 0.627. The predicted octanol–water partition coefficient (Wildman–Crippen LogP) is 0.300. The van der Waals surface area contributed by atoms with Gasteiger partial charge in [-0.3, -0.25) is 4.79 Å².